The number of carbonyl (C=O) groups excluding carboxylic acids is 1. The maximum absolute atomic E-state index is 14.4. The summed E-state index contributed by atoms with van der Waals surface area (Å²) >= 11 is 1.90. The summed E-state index contributed by atoms with van der Waals surface area (Å²) in [5.74, 6) is -2.04. The second kappa shape index (κ2) is 12.1. The number of anilines is 2. The Morgan fingerprint density at radius 1 is 1.08 bits per heavy atom. The summed E-state index contributed by atoms with van der Waals surface area (Å²) < 4.78 is 68.0. The molecule has 1 amide bonds. The molecule has 0 aliphatic rings. The van der Waals surface area contributed by atoms with E-state index in [-0.39, 0.29) is 23.7 Å². The lowest BCUT2D eigenvalue weighted by molar-refractivity contribution is -0.384. The Kier molecular flexibility index (Phi) is 9.29. The highest BCUT2D eigenvalue weighted by Crippen LogP contribution is 2.40. The van der Waals surface area contributed by atoms with Crippen molar-refractivity contribution in [3.05, 3.63) is 85.5 Å². The average Bonchev–Trinajstić information content (AvgIpc) is 2.78. The smallest absolute Gasteiger partial charge is 0.422 e. The molecule has 3 rings (SSSR count). The summed E-state index contributed by atoms with van der Waals surface area (Å²) in [6, 6.07) is 11.5. The number of nitro groups is 1. The van der Waals surface area contributed by atoms with E-state index in [1.165, 1.54) is 36.4 Å². The van der Waals surface area contributed by atoms with Crippen LogP contribution in [-0.2, 0) is 21.5 Å². The van der Waals surface area contributed by atoms with Crippen molar-refractivity contribution in [3.8, 4) is 11.5 Å². The molecular weight excluding hydrogens is 653 g/mol. The summed E-state index contributed by atoms with van der Waals surface area (Å²) in [6.45, 7) is 4.42. The van der Waals surface area contributed by atoms with Crippen molar-refractivity contribution in [1.82, 2.24) is 9.44 Å². The van der Waals surface area contributed by atoms with E-state index in [0.29, 0.717) is 9.13 Å². The number of nitro benzene ring substituents is 1. The number of benzene rings is 3. The van der Waals surface area contributed by atoms with Gasteiger partial charge in [0.15, 0.2) is 0 Å². The number of ether oxygens (including phenoxy) is 2. The van der Waals surface area contributed by atoms with Crippen molar-refractivity contribution in [2.75, 3.05) is 5.32 Å². The van der Waals surface area contributed by atoms with E-state index in [1.54, 1.807) is 31.6 Å². The van der Waals surface area contributed by atoms with Crippen molar-refractivity contribution < 1.29 is 36.4 Å². The number of amides is 1. The average molecular weight is 676 g/mol. The molecule has 0 radical (unpaired) electrons. The van der Waals surface area contributed by atoms with Crippen molar-refractivity contribution in [1.29, 1.82) is 0 Å². The van der Waals surface area contributed by atoms with Crippen LogP contribution in [-0.4, -0.2) is 25.0 Å². The predicted molar refractivity (Wildman–Crippen MR) is 147 cm³/mol. The Hall–Kier alpha value is -3.57. The number of nitrogens with one attached hydrogen (secondary N) is 3. The van der Waals surface area contributed by atoms with E-state index < -0.39 is 49.9 Å². The van der Waals surface area contributed by atoms with Gasteiger partial charge in [-0.3, -0.25) is 10.1 Å². The second-order valence-corrected chi connectivity index (χ2v) is 11.7. The van der Waals surface area contributed by atoms with Crippen LogP contribution >= 0.6 is 22.6 Å². The lowest BCUT2D eigenvalue weighted by Crippen LogP contribution is -2.42. The Morgan fingerprint density at radius 2 is 1.79 bits per heavy atom. The van der Waals surface area contributed by atoms with E-state index in [0.717, 1.165) is 12.1 Å². The standard InChI is InChI=1S/C24H23F2IN4O7S/c1-24(2,3)38-23(32)30-39(35,36)28-13-14-5-4-6-17(9-14)37-21-11-15(25)10-20(22(21)31(33)34)29-19-8-7-16(27)12-18(19)26/h4-12,28-29H,13H2,1-3H3,(H,30,32). The van der Waals surface area contributed by atoms with Crippen LogP contribution in [0.2, 0.25) is 0 Å². The summed E-state index contributed by atoms with van der Waals surface area (Å²) in [4.78, 5) is 22.8. The largest absolute Gasteiger partial charge is 0.450 e. The number of hydrogen-bond donors (Lipinski definition) is 3. The molecule has 0 fully saturated rings. The lowest BCUT2D eigenvalue weighted by Gasteiger charge is -2.19. The van der Waals surface area contributed by atoms with E-state index in [2.05, 4.69) is 10.0 Å². The summed E-state index contributed by atoms with van der Waals surface area (Å²) in [5.41, 5.74) is -1.66. The van der Waals surface area contributed by atoms with Gasteiger partial charge < -0.3 is 14.8 Å². The molecule has 0 aromatic heterocycles. The van der Waals surface area contributed by atoms with Crippen LogP contribution in [0.4, 0.5) is 30.6 Å². The first kappa shape index (κ1) is 30.0. The molecule has 15 heteroatoms. The second-order valence-electron chi connectivity index (χ2n) is 8.98. The monoisotopic (exact) mass is 676 g/mol. The summed E-state index contributed by atoms with van der Waals surface area (Å²) in [7, 11) is -4.28. The van der Waals surface area contributed by atoms with Gasteiger partial charge in [0.2, 0.25) is 5.75 Å². The Labute approximate surface area is 236 Å². The molecule has 0 heterocycles. The van der Waals surface area contributed by atoms with Crippen LogP contribution in [0.15, 0.2) is 54.6 Å². The molecule has 0 atom stereocenters. The molecule has 0 aliphatic carbocycles. The topological polar surface area (TPSA) is 149 Å². The highest BCUT2D eigenvalue weighted by atomic mass is 127. The van der Waals surface area contributed by atoms with E-state index >= 15 is 0 Å². The summed E-state index contributed by atoms with van der Waals surface area (Å²) in [6.07, 6.45) is -1.17. The van der Waals surface area contributed by atoms with Crippen LogP contribution in [0, 0.1) is 25.3 Å². The molecule has 0 spiro atoms. The Balaban J connectivity index is 1.81. The number of nitrogens with zero attached hydrogens (tertiary/aromatic N) is 1. The molecule has 3 N–H and O–H groups in total. The van der Waals surface area contributed by atoms with E-state index in [4.69, 9.17) is 9.47 Å². The Morgan fingerprint density at radius 3 is 2.44 bits per heavy atom. The zero-order valence-electron chi connectivity index (χ0n) is 20.8. The van der Waals surface area contributed by atoms with Gasteiger partial charge >= 0.3 is 22.0 Å². The molecule has 0 bridgehead atoms. The van der Waals surface area contributed by atoms with Gasteiger partial charge in [0.25, 0.3) is 0 Å². The van der Waals surface area contributed by atoms with Gasteiger partial charge in [-0.2, -0.15) is 13.1 Å². The molecule has 0 saturated heterocycles. The van der Waals surface area contributed by atoms with Gasteiger partial charge in [-0.15, -0.1) is 0 Å². The minimum Gasteiger partial charge on any atom is -0.450 e. The minimum absolute atomic E-state index is 0.0203. The SMILES string of the molecule is CC(C)(C)OC(=O)NS(=O)(=O)NCc1cccc(Oc2cc(F)cc(Nc3ccc(I)cc3F)c2[N+](=O)[O-])c1. The number of carbonyl (C=O) groups is 1. The Bertz CT molecular complexity index is 1510. The van der Waals surface area contributed by atoms with Crippen LogP contribution in [0.25, 0.3) is 0 Å². The van der Waals surface area contributed by atoms with Crippen LogP contribution in [0.1, 0.15) is 26.3 Å². The molecule has 3 aromatic rings. The fourth-order valence-electron chi connectivity index (χ4n) is 3.14. The fraction of sp³-hybridized carbons (Fsp3) is 0.208. The summed E-state index contributed by atoms with van der Waals surface area (Å²) in [5, 5.41) is 14.4. The zero-order chi connectivity index (χ0) is 29.0. The quantitative estimate of drug-likeness (QED) is 0.145. The van der Waals surface area contributed by atoms with Gasteiger partial charge in [-0.05, 0) is 79.3 Å². The third kappa shape index (κ3) is 9.00. The van der Waals surface area contributed by atoms with E-state index in [1.807, 2.05) is 22.6 Å². The van der Waals surface area contributed by atoms with Crippen molar-refractivity contribution in [2.24, 2.45) is 0 Å². The molecular formula is C24H23F2IN4O7S. The first-order valence-corrected chi connectivity index (χ1v) is 13.7. The zero-order valence-corrected chi connectivity index (χ0v) is 23.7. The highest BCUT2D eigenvalue weighted by molar-refractivity contribution is 14.1. The van der Waals surface area contributed by atoms with Crippen molar-refractivity contribution >= 4 is 56.0 Å². The van der Waals surface area contributed by atoms with E-state index in [9.17, 15) is 32.1 Å². The van der Waals surface area contributed by atoms with Crippen LogP contribution in [0.3, 0.4) is 0 Å². The first-order valence-electron chi connectivity index (χ1n) is 11.1. The van der Waals surface area contributed by atoms with Crippen molar-refractivity contribution in [2.45, 2.75) is 32.9 Å². The molecule has 0 saturated carbocycles. The molecule has 208 valence electrons. The first-order chi connectivity index (χ1) is 18.1. The van der Waals surface area contributed by atoms with Crippen LogP contribution in [0.5, 0.6) is 11.5 Å². The van der Waals surface area contributed by atoms with Gasteiger partial charge in [0.05, 0.1) is 10.6 Å². The maximum atomic E-state index is 14.4. The molecule has 0 unspecified atom stereocenters. The van der Waals surface area contributed by atoms with Crippen molar-refractivity contribution in [3.63, 3.8) is 0 Å². The molecule has 0 aliphatic heterocycles. The molecule has 3 aromatic carbocycles. The van der Waals surface area contributed by atoms with Gasteiger partial charge in [-0.25, -0.2) is 18.3 Å². The highest BCUT2D eigenvalue weighted by Gasteiger charge is 2.25. The molecule has 11 nitrogen and oxygen atoms in total. The maximum Gasteiger partial charge on any atom is 0.422 e. The van der Waals surface area contributed by atoms with Gasteiger partial charge in [-0.1, -0.05) is 12.1 Å². The third-order valence-electron chi connectivity index (χ3n) is 4.63. The number of hydrogen-bond acceptors (Lipinski definition) is 8. The van der Waals surface area contributed by atoms with Crippen LogP contribution < -0.4 is 19.5 Å². The van der Waals surface area contributed by atoms with Gasteiger partial charge in [0, 0.05) is 22.2 Å². The van der Waals surface area contributed by atoms with Gasteiger partial charge in [0.1, 0.15) is 28.7 Å². The number of halogens is 3. The minimum atomic E-state index is -4.28. The normalized spacial score (nSPS) is 11.5. The fourth-order valence-corrected chi connectivity index (χ4v) is 4.28. The number of rotatable bonds is 9. The third-order valence-corrected chi connectivity index (χ3v) is 6.26. The predicted octanol–water partition coefficient (Wildman–Crippen LogP) is 5.87. The lowest BCUT2D eigenvalue weighted by atomic mass is 10.2. The molecule has 39 heavy (non-hydrogen) atoms.